The van der Waals surface area contributed by atoms with Crippen molar-refractivity contribution < 1.29 is 14.7 Å². The van der Waals surface area contributed by atoms with E-state index in [4.69, 9.17) is 0 Å². The minimum Gasteiger partial charge on any atom is -0.508 e. The molecule has 1 aromatic heterocycles. The molecule has 0 saturated heterocycles. The van der Waals surface area contributed by atoms with Crippen molar-refractivity contribution in [1.82, 2.24) is 9.80 Å². The SMILES string of the molecule is CCN(CC)CCN1C(=O)c2cc(C)c3sc4ccc(O)cc4c3c2C1=O. The van der Waals surface area contributed by atoms with Crippen LogP contribution in [0.2, 0.25) is 0 Å². The number of phenolic OH excluding ortho intramolecular Hbond substituents is 1. The zero-order valence-corrected chi connectivity index (χ0v) is 16.5. The Hall–Kier alpha value is -2.44. The van der Waals surface area contributed by atoms with Crippen molar-refractivity contribution in [2.24, 2.45) is 0 Å². The second kappa shape index (κ2) is 6.62. The number of benzene rings is 2. The van der Waals surface area contributed by atoms with E-state index in [1.54, 1.807) is 23.5 Å². The summed E-state index contributed by atoms with van der Waals surface area (Å²) in [5.74, 6) is -0.283. The minimum atomic E-state index is -0.227. The third-order valence-electron chi connectivity index (χ3n) is 5.38. The average Bonchev–Trinajstić information content (AvgIpc) is 3.13. The number of phenols is 1. The number of rotatable bonds is 5. The quantitative estimate of drug-likeness (QED) is 0.678. The molecule has 0 unspecified atom stereocenters. The van der Waals surface area contributed by atoms with Crippen LogP contribution < -0.4 is 0 Å². The van der Waals surface area contributed by atoms with E-state index in [0.29, 0.717) is 24.2 Å². The standard InChI is InChI=1S/C21H22N2O3S/c1-4-22(5-2)8-9-23-20(25)15-10-12(3)19-17(18(15)21(23)26)14-11-13(24)6-7-16(14)27-19/h6-7,10-11,24H,4-5,8-9H2,1-3H3. The van der Waals surface area contributed by atoms with Gasteiger partial charge in [-0.3, -0.25) is 14.5 Å². The number of amides is 2. The van der Waals surface area contributed by atoms with Crippen LogP contribution in [0.1, 0.15) is 40.1 Å². The maximum absolute atomic E-state index is 13.2. The molecule has 1 aliphatic rings. The summed E-state index contributed by atoms with van der Waals surface area (Å²) in [4.78, 5) is 29.7. The van der Waals surface area contributed by atoms with Gasteiger partial charge in [0.2, 0.25) is 0 Å². The number of carbonyl (C=O) groups is 2. The molecular weight excluding hydrogens is 360 g/mol. The lowest BCUT2D eigenvalue weighted by molar-refractivity contribution is 0.0638. The molecule has 5 nitrogen and oxygen atoms in total. The highest BCUT2D eigenvalue weighted by atomic mass is 32.1. The molecule has 2 amide bonds. The molecule has 0 radical (unpaired) electrons. The van der Waals surface area contributed by atoms with E-state index in [2.05, 4.69) is 18.7 Å². The molecule has 27 heavy (non-hydrogen) atoms. The van der Waals surface area contributed by atoms with E-state index < -0.39 is 0 Å². The molecule has 1 N–H and O–H groups in total. The number of aryl methyl sites for hydroxylation is 1. The van der Waals surface area contributed by atoms with Crippen LogP contribution in [-0.2, 0) is 0 Å². The highest BCUT2D eigenvalue weighted by Crippen LogP contribution is 2.42. The maximum atomic E-state index is 13.2. The van der Waals surface area contributed by atoms with Crippen molar-refractivity contribution in [1.29, 1.82) is 0 Å². The van der Waals surface area contributed by atoms with Crippen molar-refractivity contribution >= 4 is 43.3 Å². The Labute approximate surface area is 161 Å². The van der Waals surface area contributed by atoms with E-state index in [9.17, 15) is 14.7 Å². The summed E-state index contributed by atoms with van der Waals surface area (Å²) in [5.41, 5.74) is 1.95. The monoisotopic (exact) mass is 382 g/mol. The highest BCUT2D eigenvalue weighted by Gasteiger charge is 2.38. The van der Waals surface area contributed by atoms with E-state index >= 15 is 0 Å². The summed E-state index contributed by atoms with van der Waals surface area (Å²) in [6.07, 6.45) is 0. The van der Waals surface area contributed by atoms with Crippen LogP contribution >= 0.6 is 11.3 Å². The van der Waals surface area contributed by atoms with Crippen LogP contribution in [0.3, 0.4) is 0 Å². The summed E-state index contributed by atoms with van der Waals surface area (Å²) >= 11 is 1.59. The second-order valence-electron chi connectivity index (χ2n) is 6.89. The van der Waals surface area contributed by atoms with Crippen molar-refractivity contribution in [3.8, 4) is 5.75 Å². The Morgan fingerprint density at radius 1 is 1.11 bits per heavy atom. The van der Waals surface area contributed by atoms with Gasteiger partial charge in [-0.25, -0.2) is 0 Å². The molecule has 0 fully saturated rings. The number of carbonyl (C=O) groups excluding carboxylic acids is 2. The molecule has 4 rings (SSSR count). The number of fused-ring (bicyclic) bond motifs is 5. The topological polar surface area (TPSA) is 60.9 Å². The number of aromatic hydroxyl groups is 1. The van der Waals surface area contributed by atoms with Gasteiger partial charge in [0.15, 0.2) is 0 Å². The summed E-state index contributed by atoms with van der Waals surface area (Å²) in [7, 11) is 0. The summed E-state index contributed by atoms with van der Waals surface area (Å²) < 4.78 is 2.00. The fourth-order valence-corrected chi connectivity index (χ4v) is 5.01. The van der Waals surface area contributed by atoms with Gasteiger partial charge in [-0.05, 0) is 49.8 Å². The smallest absolute Gasteiger partial charge is 0.262 e. The van der Waals surface area contributed by atoms with Crippen LogP contribution in [0.5, 0.6) is 5.75 Å². The van der Waals surface area contributed by atoms with Crippen LogP contribution in [0, 0.1) is 6.92 Å². The van der Waals surface area contributed by atoms with E-state index in [1.165, 1.54) is 4.90 Å². The van der Waals surface area contributed by atoms with Gasteiger partial charge in [-0.15, -0.1) is 11.3 Å². The van der Waals surface area contributed by atoms with Gasteiger partial charge in [0.05, 0.1) is 11.1 Å². The number of imide groups is 1. The van der Waals surface area contributed by atoms with Crippen LogP contribution in [-0.4, -0.2) is 52.9 Å². The number of nitrogens with zero attached hydrogens (tertiary/aromatic N) is 2. The first-order chi connectivity index (χ1) is 13.0. The predicted molar refractivity (Wildman–Crippen MR) is 109 cm³/mol. The predicted octanol–water partition coefficient (Wildman–Crippen LogP) is 4.01. The Morgan fingerprint density at radius 2 is 1.85 bits per heavy atom. The van der Waals surface area contributed by atoms with Crippen molar-refractivity contribution in [2.45, 2.75) is 20.8 Å². The molecule has 2 heterocycles. The number of thiophene rings is 1. The molecule has 0 spiro atoms. The molecule has 140 valence electrons. The van der Waals surface area contributed by atoms with Gasteiger partial charge in [0.25, 0.3) is 11.8 Å². The largest absolute Gasteiger partial charge is 0.508 e. The Bertz CT molecular complexity index is 1080. The molecule has 0 bridgehead atoms. The Kier molecular flexibility index (Phi) is 4.40. The van der Waals surface area contributed by atoms with E-state index in [1.807, 2.05) is 19.1 Å². The number of hydrogen-bond acceptors (Lipinski definition) is 5. The third-order valence-corrected chi connectivity index (χ3v) is 6.68. The van der Waals surface area contributed by atoms with Gasteiger partial charge < -0.3 is 10.0 Å². The molecule has 2 aromatic carbocycles. The average molecular weight is 382 g/mol. The van der Waals surface area contributed by atoms with Gasteiger partial charge in [-0.2, -0.15) is 0 Å². The van der Waals surface area contributed by atoms with Gasteiger partial charge in [-0.1, -0.05) is 13.8 Å². The second-order valence-corrected chi connectivity index (χ2v) is 7.94. The lowest BCUT2D eigenvalue weighted by Crippen LogP contribution is -2.38. The fourth-order valence-electron chi connectivity index (χ4n) is 3.85. The third kappa shape index (κ3) is 2.71. The van der Waals surface area contributed by atoms with Crippen LogP contribution in [0.4, 0.5) is 0 Å². The fraction of sp³-hybridized carbons (Fsp3) is 0.333. The zero-order valence-electron chi connectivity index (χ0n) is 15.7. The van der Waals surface area contributed by atoms with E-state index in [0.717, 1.165) is 38.8 Å². The first kappa shape index (κ1) is 17.9. The summed E-state index contributed by atoms with van der Waals surface area (Å²) in [6, 6.07) is 7.03. The molecular formula is C21H22N2O3S. The van der Waals surface area contributed by atoms with Gasteiger partial charge in [0.1, 0.15) is 5.75 Å². The first-order valence-corrected chi connectivity index (χ1v) is 10.0. The van der Waals surface area contributed by atoms with Gasteiger partial charge in [0, 0.05) is 33.3 Å². The normalized spacial score (nSPS) is 14.1. The Balaban J connectivity index is 1.86. The zero-order chi connectivity index (χ0) is 19.3. The molecule has 1 aliphatic heterocycles. The van der Waals surface area contributed by atoms with Crippen LogP contribution in [0.15, 0.2) is 24.3 Å². The summed E-state index contributed by atoms with van der Waals surface area (Å²) in [6.45, 7) is 8.95. The number of likely N-dealkylation sites (N-methyl/N-ethyl adjacent to an activating group) is 1. The van der Waals surface area contributed by atoms with Crippen molar-refractivity contribution in [2.75, 3.05) is 26.2 Å². The van der Waals surface area contributed by atoms with Crippen LogP contribution in [0.25, 0.3) is 20.2 Å². The first-order valence-electron chi connectivity index (χ1n) is 9.23. The van der Waals surface area contributed by atoms with Crippen molar-refractivity contribution in [3.63, 3.8) is 0 Å². The van der Waals surface area contributed by atoms with Gasteiger partial charge >= 0.3 is 0 Å². The lowest BCUT2D eigenvalue weighted by Gasteiger charge is -2.21. The lowest BCUT2D eigenvalue weighted by atomic mass is 9.99. The molecule has 0 aliphatic carbocycles. The Morgan fingerprint density at radius 3 is 2.56 bits per heavy atom. The highest BCUT2D eigenvalue weighted by molar-refractivity contribution is 7.26. The van der Waals surface area contributed by atoms with E-state index in [-0.39, 0.29) is 17.6 Å². The molecule has 0 saturated carbocycles. The minimum absolute atomic E-state index is 0.160. The van der Waals surface area contributed by atoms with Crippen molar-refractivity contribution in [3.05, 3.63) is 41.0 Å². The molecule has 6 heteroatoms. The molecule has 3 aromatic rings. The summed E-state index contributed by atoms with van der Waals surface area (Å²) in [5, 5.41) is 11.6. The number of hydrogen-bond donors (Lipinski definition) is 1. The maximum Gasteiger partial charge on any atom is 0.262 e. The molecule has 0 atom stereocenters.